The first-order chi connectivity index (χ1) is 8.60. The molecule has 0 aliphatic carbocycles. The van der Waals surface area contributed by atoms with Gasteiger partial charge in [0.15, 0.2) is 0 Å². The van der Waals surface area contributed by atoms with Crippen LogP contribution >= 0.6 is 0 Å². The second-order valence-electron chi connectivity index (χ2n) is 4.69. The van der Waals surface area contributed by atoms with Crippen molar-refractivity contribution < 1.29 is 14.9 Å². The van der Waals surface area contributed by atoms with Gasteiger partial charge in [0, 0.05) is 17.1 Å². The van der Waals surface area contributed by atoms with Crippen LogP contribution in [0.15, 0.2) is 30.5 Å². The Labute approximate surface area is 106 Å². The molecule has 0 radical (unpaired) electrons. The molecule has 0 amide bonds. The standard InChI is InChI=1S/C14H19NO3/c1-10(2)18-13-3-4-14-11(7-13)5-6-15(14)8-12(17)9-16/h3-7,10,12,16-17H,8-9H2,1-2H3. The van der Waals surface area contributed by atoms with Crippen LogP contribution in [0.1, 0.15) is 13.8 Å². The second kappa shape index (κ2) is 5.42. The Hall–Kier alpha value is -1.52. The molecular weight excluding hydrogens is 230 g/mol. The normalized spacial score (nSPS) is 13.2. The summed E-state index contributed by atoms with van der Waals surface area (Å²) < 4.78 is 7.56. The molecule has 0 spiro atoms. The molecular formula is C14H19NO3. The number of hydrogen-bond acceptors (Lipinski definition) is 3. The van der Waals surface area contributed by atoms with Gasteiger partial charge >= 0.3 is 0 Å². The van der Waals surface area contributed by atoms with Crippen LogP contribution in [-0.2, 0) is 6.54 Å². The number of benzene rings is 1. The summed E-state index contributed by atoms with van der Waals surface area (Å²) >= 11 is 0. The molecule has 1 heterocycles. The zero-order valence-corrected chi connectivity index (χ0v) is 10.7. The van der Waals surface area contributed by atoms with E-state index in [4.69, 9.17) is 9.84 Å². The molecule has 0 bridgehead atoms. The van der Waals surface area contributed by atoms with Crippen LogP contribution in [0.2, 0.25) is 0 Å². The molecule has 2 N–H and O–H groups in total. The molecule has 1 aromatic heterocycles. The van der Waals surface area contributed by atoms with Crippen LogP contribution in [0.5, 0.6) is 5.75 Å². The fraction of sp³-hybridized carbons (Fsp3) is 0.429. The van der Waals surface area contributed by atoms with Gasteiger partial charge in [-0.15, -0.1) is 0 Å². The summed E-state index contributed by atoms with van der Waals surface area (Å²) in [4.78, 5) is 0. The molecule has 1 atom stereocenters. The fourth-order valence-electron chi connectivity index (χ4n) is 1.97. The lowest BCUT2D eigenvalue weighted by Crippen LogP contribution is -2.19. The molecule has 0 fully saturated rings. The lowest BCUT2D eigenvalue weighted by atomic mass is 10.2. The van der Waals surface area contributed by atoms with Gasteiger partial charge in [-0.1, -0.05) is 0 Å². The van der Waals surface area contributed by atoms with Crippen molar-refractivity contribution in [3.05, 3.63) is 30.5 Å². The highest BCUT2D eigenvalue weighted by Crippen LogP contribution is 2.23. The Morgan fingerprint density at radius 3 is 2.72 bits per heavy atom. The minimum Gasteiger partial charge on any atom is -0.491 e. The van der Waals surface area contributed by atoms with Crippen molar-refractivity contribution in [3.63, 3.8) is 0 Å². The maximum atomic E-state index is 9.47. The number of ether oxygens (including phenoxy) is 1. The van der Waals surface area contributed by atoms with Gasteiger partial charge in [0.2, 0.25) is 0 Å². The third-order valence-corrected chi connectivity index (χ3v) is 2.73. The van der Waals surface area contributed by atoms with Crippen molar-refractivity contribution >= 4 is 10.9 Å². The van der Waals surface area contributed by atoms with E-state index in [1.165, 1.54) is 0 Å². The molecule has 1 unspecified atom stereocenters. The van der Waals surface area contributed by atoms with E-state index in [9.17, 15) is 5.11 Å². The summed E-state index contributed by atoms with van der Waals surface area (Å²) in [5, 5.41) is 19.4. The van der Waals surface area contributed by atoms with E-state index in [2.05, 4.69) is 0 Å². The van der Waals surface area contributed by atoms with Crippen molar-refractivity contribution in [2.24, 2.45) is 0 Å². The van der Waals surface area contributed by atoms with Gasteiger partial charge in [-0.25, -0.2) is 0 Å². The van der Waals surface area contributed by atoms with E-state index in [0.29, 0.717) is 6.54 Å². The first kappa shape index (κ1) is 12.9. The van der Waals surface area contributed by atoms with Crippen LogP contribution in [0.4, 0.5) is 0 Å². The molecule has 98 valence electrons. The maximum absolute atomic E-state index is 9.47. The summed E-state index contributed by atoms with van der Waals surface area (Å²) in [7, 11) is 0. The number of rotatable bonds is 5. The van der Waals surface area contributed by atoms with Crippen LogP contribution in [0, 0.1) is 0 Å². The molecule has 0 aliphatic rings. The zero-order chi connectivity index (χ0) is 13.1. The number of aliphatic hydroxyl groups excluding tert-OH is 2. The summed E-state index contributed by atoms with van der Waals surface area (Å²) in [6.07, 6.45) is 1.33. The van der Waals surface area contributed by atoms with Crippen molar-refractivity contribution in [2.75, 3.05) is 6.61 Å². The number of aromatic nitrogens is 1. The number of hydrogen-bond donors (Lipinski definition) is 2. The molecule has 0 aliphatic heterocycles. The monoisotopic (exact) mass is 249 g/mol. The Morgan fingerprint density at radius 2 is 2.06 bits per heavy atom. The smallest absolute Gasteiger partial charge is 0.120 e. The Kier molecular flexibility index (Phi) is 3.89. The third kappa shape index (κ3) is 2.83. The lowest BCUT2D eigenvalue weighted by Gasteiger charge is -2.11. The fourth-order valence-corrected chi connectivity index (χ4v) is 1.97. The van der Waals surface area contributed by atoms with Crippen molar-refractivity contribution in [3.8, 4) is 5.75 Å². The molecule has 4 nitrogen and oxygen atoms in total. The highest BCUT2D eigenvalue weighted by atomic mass is 16.5. The van der Waals surface area contributed by atoms with Crippen LogP contribution in [0.25, 0.3) is 10.9 Å². The summed E-state index contributed by atoms with van der Waals surface area (Å²) in [5.74, 6) is 0.845. The Morgan fingerprint density at radius 1 is 1.28 bits per heavy atom. The molecule has 2 aromatic rings. The van der Waals surface area contributed by atoms with Gasteiger partial charge < -0.3 is 19.5 Å². The molecule has 0 saturated heterocycles. The topological polar surface area (TPSA) is 54.6 Å². The molecule has 1 aromatic carbocycles. The molecule has 18 heavy (non-hydrogen) atoms. The SMILES string of the molecule is CC(C)Oc1ccc2c(ccn2CC(O)CO)c1. The van der Waals surface area contributed by atoms with Gasteiger partial charge in [0.1, 0.15) is 5.75 Å². The number of aliphatic hydroxyl groups is 2. The zero-order valence-electron chi connectivity index (χ0n) is 10.7. The van der Waals surface area contributed by atoms with E-state index in [0.717, 1.165) is 16.7 Å². The third-order valence-electron chi connectivity index (χ3n) is 2.73. The van der Waals surface area contributed by atoms with Gasteiger partial charge in [0.05, 0.1) is 25.4 Å². The van der Waals surface area contributed by atoms with Crippen molar-refractivity contribution in [1.29, 1.82) is 0 Å². The average Bonchev–Trinajstić information content (AvgIpc) is 2.71. The van der Waals surface area contributed by atoms with Gasteiger partial charge in [-0.2, -0.15) is 0 Å². The van der Waals surface area contributed by atoms with E-state index >= 15 is 0 Å². The van der Waals surface area contributed by atoms with Crippen LogP contribution < -0.4 is 4.74 Å². The molecule has 4 heteroatoms. The van der Waals surface area contributed by atoms with E-state index in [-0.39, 0.29) is 12.7 Å². The van der Waals surface area contributed by atoms with Crippen LogP contribution in [0.3, 0.4) is 0 Å². The van der Waals surface area contributed by atoms with Crippen molar-refractivity contribution in [1.82, 2.24) is 4.57 Å². The first-order valence-corrected chi connectivity index (χ1v) is 6.14. The van der Waals surface area contributed by atoms with Crippen molar-refractivity contribution in [2.45, 2.75) is 32.6 Å². The quantitative estimate of drug-likeness (QED) is 0.849. The predicted molar refractivity (Wildman–Crippen MR) is 70.8 cm³/mol. The highest BCUT2D eigenvalue weighted by molar-refractivity contribution is 5.81. The first-order valence-electron chi connectivity index (χ1n) is 6.14. The molecule has 2 rings (SSSR count). The maximum Gasteiger partial charge on any atom is 0.120 e. The lowest BCUT2D eigenvalue weighted by molar-refractivity contribution is 0.0822. The van der Waals surface area contributed by atoms with E-state index in [1.54, 1.807) is 0 Å². The van der Waals surface area contributed by atoms with Crippen LogP contribution in [-0.4, -0.2) is 33.6 Å². The minimum atomic E-state index is -0.729. The van der Waals surface area contributed by atoms with Gasteiger partial charge in [-0.3, -0.25) is 0 Å². The van der Waals surface area contributed by atoms with Gasteiger partial charge in [-0.05, 0) is 38.1 Å². The predicted octanol–water partition coefficient (Wildman–Crippen LogP) is 1.78. The highest BCUT2D eigenvalue weighted by Gasteiger charge is 2.07. The average molecular weight is 249 g/mol. The Balaban J connectivity index is 2.26. The summed E-state index contributed by atoms with van der Waals surface area (Å²) in [6, 6.07) is 7.85. The molecule has 0 saturated carbocycles. The van der Waals surface area contributed by atoms with E-state index in [1.807, 2.05) is 48.9 Å². The largest absolute Gasteiger partial charge is 0.491 e. The minimum absolute atomic E-state index is 0.153. The van der Waals surface area contributed by atoms with E-state index < -0.39 is 6.10 Å². The number of nitrogens with zero attached hydrogens (tertiary/aromatic N) is 1. The summed E-state index contributed by atoms with van der Waals surface area (Å²) in [5.41, 5.74) is 1.03. The van der Waals surface area contributed by atoms with Gasteiger partial charge in [0.25, 0.3) is 0 Å². The number of fused-ring (bicyclic) bond motifs is 1. The Bertz CT molecular complexity index is 519. The summed E-state index contributed by atoms with van der Waals surface area (Å²) in [6.45, 7) is 4.15. The second-order valence-corrected chi connectivity index (χ2v) is 4.69.